The van der Waals surface area contributed by atoms with Crippen molar-refractivity contribution in [2.75, 3.05) is 6.54 Å². The van der Waals surface area contributed by atoms with Crippen LogP contribution < -0.4 is 10.6 Å². The van der Waals surface area contributed by atoms with Crippen LogP contribution in [0.15, 0.2) is 6.07 Å². The van der Waals surface area contributed by atoms with Crippen molar-refractivity contribution in [2.24, 2.45) is 5.92 Å². The number of hydrogen-bond donors (Lipinski definition) is 2. The van der Waals surface area contributed by atoms with Crippen molar-refractivity contribution in [3.63, 3.8) is 0 Å². The highest BCUT2D eigenvalue weighted by atomic mass is 32.1. The van der Waals surface area contributed by atoms with Crippen LogP contribution in [0.4, 0.5) is 0 Å². The van der Waals surface area contributed by atoms with Gasteiger partial charge in [0.15, 0.2) is 0 Å². The van der Waals surface area contributed by atoms with Gasteiger partial charge in [-0.05, 0) is 50.7 Å². The largest absolute Gasteiger partial charge is 0.355 e. The first kappa shape index (κ1) is 15.0. The Morgan fingerprint density at radius 1 is 1.50 bits per heavy atom. The van der Waals surface area contributed by atoms with E-state index in [1.165, 1.54) is 16.9 Å². The Labute approximate surface area is 124 Å². The molecule has 4 nitrogen and oxygen atoms in total. The lowest BCUT2D eigenvalue weighted by Crippen LogP contribution is -2.44. The number of rotatable bonds is 4. The fraction of sp³-hybridized carbons (Fsp3) is 0.600. The van der Waals surface area contributed by atoms with Gasteiger partial charge >= 0.3 is 0 Å². The Morgan fingerprint density at radius 3 is 2.95 bits per heavy atom. The number of aryl methyl sites for hydroxylation is 1. The Balaban J connectivity index is 2.01. The Morgan fingerprint density at radius 2 is 2.25 bits per heavy atom. The number of carbonyl (C=O) groups excluding carboxylic acids is 2. The van der Waals surface area contributed by atoms with E-state index in [-0.39, 0.29) is 11.8 Å². The maximum Gasteiger partial charge on any atom is 0.262 e. The molecule has 110 valence electrons. The zero-order valence-corrected chi connectivity index (χ0v) is 13.1. The third-order valence-corrected chi connectivity index (χ3v) is 4.88. The van der Waals surface area contributed by atoms with Crippen LogP contribution in [0.5, 0.6) is 0 Å². The molecule has 0 saturated carbocycles. The van der Waals surface area contributed by atoms with E-state index in [0.29, 0.717) is 12.5 Å². The highest BCUT2D eigenvalue weighted by Crippen LogP contribution is 2.32. The second-order valence-electron chi connectivity index (χ2n) is 5.50. The van der Waals surface area contributed by atoms with Gasteiger partial charge in [0.2, 0.25) is 5.91 Å². The maximum atomic E-state index is 12.2. The maximum absolute atomic E-state index is 12.2. The first-order valence-corrected chi connectivity index (χ1v) is 8.03. The highest BCUT2D eigenvalue weighted by Gasteiger charge is 2.22. The molecule has 0 unspecified atom stereocenters. The van der Waals surface area contributed by atoms with Gasteiger partial charge in [0.25, 0.3) is 5.91 Å². The molecule has 1 aromatic rings. The van der Waals surface area contributed by atoms with Gasteiger partial charge in [-0.1, -0.05) is 6.92 Å². The summed E-state index contributed by atoms with van der Waals surface area (Å²) in [6, 6.07) is 1.50. The fourth-order valence-corrected chi connectivity index (χ4v) is 3.59. The quantitative estimate of drug-likeness (QED) is 0.893. The standard InChI is InChI=1S/C15H22N2O2S/c1-4-16-14(18)10(3)17-15(19)13-8-11-7-9(2)5-6-12(11)20-13/h8-10H,4-7H2,1-3H3,(H,16,18)(H,17,19)/t9-,10-/m0/s1. The lowest BCUT2D eigenvalue weighted by molar-refractivity contribution is -0.122. The summed E-state index contributed by atoms with van der Waals surface area (Å²) in [6.45, 7) is 6.39. The first-order valence-electron chi connectivity index (χ1n) is 7.21. The number of nitrogens with one attached hydrogen (secondary N) is 2. The monoisotopic (exact) mass is 294 g/mol. The number of fused-ring (bicyclic) bond motifs is 1. The van der Waals surface area contributed by atoms with Crippen LogP contribution >= 0.6 is 11.3 Å². The van der Waals surface area contributed by atoms with Gasteiger partial charge in [0.05, 0.1) is 4.88 Å². The predicted octanol–water partition coefficient (Wildman–Crippen LogP) is 2.13. The second-order valence-corrected chi connectivity index (χ2v) is 6.63. The van der Waals surface area contributed by atoms with E-state index in [2.05, 4.69) is 17.6 Å². The zero-order valence-electron chi connectivity index (χ0n) is 12.3. The Hall–Kier alpha value is -1.36. The molecule has 2 rings (SSSR count). The van der Waals surface area contributed by atoms with Crippen LogP contribution in [-0.2, 0) is 17.6 Å². The summed E-state index contributed by atoms with van der Waals surface area (Å²) in [5.74, 6) is 0.411. The number of thiophene rings is 1. The van der Waals surface area contributed by atoms with E-state index in [4.69, 9.17) is 0 Å². The van der Waals surface area contributed by atoms with Crippen LogP contribution in [0.3, 0.4) is 0 Å². The van der Waals surface area contributed by atoms with Crippen LogP contribution in [0, 0.1) is 5.92 Å². The van der Waals surface area contributed by atoms with Crippen molar-refractivity contribution in [2.45, 2.75) is 46.1 Å². The van der Waals surface area contributed by atoms with E-state index >= 15 is 0 Å². The van der Waals surface area contributed by atoms with Gasteiger partial charge in [0, 0.05) is 11.4 Å². The smallest absolute Gasteiger partial charge is 0.262 e. The molecule has 0 aliphatic heterocycles. The lowest BCUT2D eigenvalue weighted by Gasteiger charge is -2.16. The molecule has 2 N–H and O–H groups in total. The molecule has 2 atom stereocenters. The van der Waals surface area contributed by atoms with Crippen LogP contribution in [0.1, 0.15) is 47.3 Å². The van der Waals surface area contributed by atoms with E-state index < -0.39 is 6.04 Å². The van der Waals surface area contributed by atoms with Crippen molar-refractivity contribution in [1.82, 2.24) is 10.6 Å². The van der Waals surface area contributed by atoms with E-state index in [9.17, 15) is 9.59 Å². The third kappa shape index (κ3) is 3.39. The summed E-state index contributed by atoms with van der Waals surface area (Å²) >= 11 is 1.57. The number of likely N-dealkylation sites (N-methyl/N-ethyl adjacent to an activating group) is 1. The van der Waals surface area contributed by atoms with Gasteiger partial charge in [-0.3, -0.25) is 9.59 Å². The molecule has 0 aromatic carbocycles. The first-order chi connectivity index (χ1) is 9.51. The summed E-state index contributed by atoms with van der Waals surface area (Å²) in [7, 11) is 0. The highest BCUT2D eigenvalue weighted by molar-refractivity contribution is 7.14. The molecule has 1 aliphatic carbocycles. The SMILES string of the molecule is CCNC(=O)[C@H](C)NC(=O)c1cc2c(s1)CC[C@H](C)C2. The van der Waals surface area contributed by atoms with Gasteiger partial charge in [-0.25, -0.2) is 0 Å². The summed E-state index contributed by atoms with van der Waals surface area (Å²) in [5.41, 5.74) is 1.31. The number of carbonyl (C=O) groups is 2. The third-order valence-electron chi connectivity index (χ3n) is 3.64. The van der Waals surface area contributed by atoms with Crippen molar-refractivity contribution < 1.29 is 9.59 Å². The molecule has 1 aliphatic rings. The minimum atomic E-state index is -0.500. The van der Waals surface area contributed by atoms with Crippen LogP contribution in [0.2, 0.25) is 0 Å². The van der Waals surface area contributed by atoms with Crippen molar-refractivity contribution in [3.8, 4) is 0 Å². The molecule has 20 heavy (non-hydrogen) atoms. The molecular weight excluding hydrogens is 272 g/mol. The zero-order chi connectivity index (χ0) is 14.7. The summed E-state index contributed by atoms with van der Waals surface area (Å²) in [5, 5.41) is 5.47. The van der Waals surface area contributed by atoms with E-state index in [1.807, 2.05) is 13.0 Å². The minimum absolute atomic E-state index is 0.143. The molecule has 0 fully saturated rings. The average molecular weight is 294 g/mol. The number of amides is 2. The Bertz CT molecular complexity index is 510. The van der Waals surface area contributed by atoms with Crippen molar-refractivity contribution >= 4 is 23.2 Å². The van der Waals surface area contributed by atoms with Gasteiger partial charge in [0.1, 0.15) is 6.04 Å². The molecule has 2 amide bonds. The lowest BCUT2D eigenvalue weighted by atomic mass is 9.90. The second kappa shape index (κ2) is 6.39. The van der Waals surface area contributed by atoms with Gasteiger partial charge < -0.3 is 10.6 Å². The average Bonchev–Trinajstić information content (AvgIpc) is 2.81. The van der Waals surface area contributed by atoms with Crippen LogP contribution in [-0.4, -0.2) is 24.4 Å². The summed E-state index contributed by atoms with van der Waals surface area (Å²) in [6.07, 6.45) is 3.33. The van der Waals surface area contributed by atoms with Crippen molar-refractivity contribution in [1.29, 1.82) is 0 Å². The molecule has 5 heteroatoms. The van der Waals surface area contributed by atoms with E-state index in [0.717, 1.165) is 17.7 Å². The van der Waals surface area contributed by atoms with E-state index in [1.54, 1.807) is 18.3 Å². The molecule has 0 radical (unpaired) electrons. The molecule has 0 saturated heterocycles. The van der Waals surface area contributed by atoms with Gasteiger partial charge in [-0.15, -0.1) is 11.3 Å². The summed E-state index contributed by atoms with van der Waals surface area (Å²) in [4.78, 5) is 25.9. The minimum Gasteiger partial charge on any atom is -0.355 e. The fourth-order valence-electron chi connectivity index (χ4n) is 2.48. The van der Waals surface area contributed by atoms with Crippen LogP contribution in [0.25, 0.3) is 0 Å². The number of hydrogen-bond acceptors (Lipinski definition) is 3. The molecule has 1 heterocycles. The van der Waals surface area contributed by atoms with Gasteiger partial charge in [-0.2, -0.15) is 0 Å². The molecule has 0 bridgehead atoms. The molecule has 1 aromatic heterocycles. The van der Waals surface area contributed by atoms with Crippen molar-refractivity contribution in [3.05, 3.63) is 21.4 Å². The normalized spacial score (nSPS) is 19.1. The topological polar surface area (TPSA) is 58.2 Å². The Kier molecular flexibility index (Phi) is 4.81. The predicted molar refractivity (Wildman–Crippen MR) is 81.1 cm³/mol. The molecular formula is C15H22N2O2S. The summed E-state index contributed by atoms with van der Waals surface area (Å²) < 4.78 is 0. The molecule has 0 spiro atoms.